The Morgan fingerprint density at radius 3 is 2.10 bits per heavy atom. The van der Waals surface area contributed by atoms with E-state index < -0.39 is 28.5 Å². The van der Waals surface area contributed by atoms with Crippen molar-refractivity contribution in [3.05, 3.63) is 96.1 Å². The van der Waals surface area contributed by atoms with E-state index in [1.807, 2.05) is 56.3 Å². The van der Waals surface area contributed by atoms with Crippen molar-refractivity contribution in [2.75, 3.05) is 17.4 Å². The number of anilines is 1. The first kappa shape index (κ1) is 29.3. The van der Waals surface area contributed by atoms with Gasteiger partial charge >= 0.3 is 0 Å². The number of nitrogens with zero attached hydrogens (tertiary/aromatic N) is 2. The summed E-state index contributed by atoms with van der Waals surface area (Å²) in [5.41, 5.74) is 2.42. The molecule has 0 spiro atoms. The summed E-state index contributed by atoms with van der Waals surface area (Å²) in [6, 6.07) is 24.4. The minimum Gasteiger partial charge on any atom is -0.352 e. The fourth-order valence-electron chi connectivity index (χ4n) is 5.22. The summed E-state index contributed by atoms with van der Waals surface area (Å²) in [5, 5.41) is 3.15. The van der Waals surface area contributed by atoms with Crippen LogP contribution in [-0.4, -0.2) is 50.3 Å². The normalized spacial score (nSPS) is 14.4. The minimum atomic E-state index is -4.05. The summed E-state index contributed by atoms with van der Waals surface area (Å²) in [6.07, 6.45) is 5.03. The number of hydrogen-bond donors (Lipinski definition) is 1. The predicted octanol–water partition coefficient (Wildman–Crippen LogP) is 5.10. The fraction of sp³-hybridized carbons (Fsp3) is 0.375. The second-order valence-electron chi connectivity index (χ2n) is 10.4. The highest BCUT2D eigenvalue weighted by Gasteiger charge is 2.34. The van der Waals surface area contributed by atoms with Crippen molar-refractivity contribution in [2.24, 2.45) is 0 Å². The summed E-state index contributed by atoms with van der Waals surface area (Å²) >= 11 is 0. The highest BCUT2D eigenvalue weighted by molar-refractivity contribution is 7.92. The number of carbonyl (C=O) groups is 2. The molecule has 1 aliphatic rings. The van der Waals surface area contributed by atoms with Gasteiger partial charge in [0.2, 0.25) is 11.8 Å². The van der Waals surface area contributed by atoms with Gasteiger partial charge < -0.3 is 10.2 Å². The summed E-state index contributed by atoms with van der Waals surface area (Å²) in [7, 11) is -4.05. The van der Waals surface area contributed by atoms with Crippen molar-refractivity contribution in [3.63, 3.8) is 0 Å². The van der Waals surface area contributed by atoms with Crippen LogP contribution in [-0.2, 0) is 26.0 Å². The molecule has 2 amide bonds. The molecule has 7 nitrogen and oxygen atoms in total. The molecule has 212 valence electrons. The van der Waals surface area contributed by atoms with E-state index in [4.69, 9.17) is 0 Å². The van der Waals surface area contributed by atoms with Crippen LogP contribution < -0.4 is 9.62 Å². The molecule has 3 aromatic rings. The summed E-state index contributed by atoms with van der Waals surface area (Å²) in [4.78, 5) is 29.2. The Labute approximate surface area is 238 Å². The van der Waals surface area contributed by atoms with Gasteiger partial charge in [-0.3, -0.25) is 13.9 Å². The zero-order chi connectivity index (χ0) is 28.5. The maximum Gasteiger partial charge on any atom is 0.264 e. The molecule has 0 bridgehead atoms. The van der Waals surface area contributed by atoms with E-state index in [9.17, 15) is 18.0 Å². The zero-order valence-electron chi connectivity index (χ0n) is 23.3. The number of carbonyl (C=O) groups excluding carboxylic acids is 2. The Hall–Kier alpha value is -3.65. The maximum absolute atomic E-state index is 14.1. The van der Waals surface area contributed by atoms with Gasteiger partial charge in [0.15, 0.2) is 0 Å². The lowest BCUT2D eigenvalue weighted by molar-refractivity contribution is -0.139. The second kappa shape index (κ2) is 13.6. The van der Waals surface area contributed by atoms with Gasteiger partial charge in [0.1, 0.15) is 12.6 Å². The third-order valence-electron chi connectivity index (χ3n) is 7.50. The number of benzene rings is 3. The van der Waals surface area contributed by atoms with E-state index >= 15 is 0 Å². The fourth-order valence-corrected chi connectivity index (χ4v) is 6.66. The molecule has 1 atom stereocenters. The highest BCUT2D eigenvalue weighted by atomic mass is 32.2. The predicted molar refractivity (Wildman–Crippen MR) is 158 cm³/mol. The molecule has 1 N–H and O–H groups in total. The Kier molecular flexibility index (Phi) is 9.98. The van der Waals surface area contributed by atoms with Crippen LogP contribution in [0.2, 0.25) is 0 Å². The van der Waals surface area contributed by atoms with Gasteiger partial charge in [0, 0.05) is 12.6 Å². The van der Waals surface area contributed by atoms with Crippen LogP contribution in [0.1, 0.15) is 50.2 Å². The van der Waals surface area contributed by atoms with Crippen molar-refractivity contribution >= 4 is 27.5 Å². The monoisotopic (exact) mass is 561 g/mol. The summed E-state index contributed by atoms with van der Waals surface area (Å²) in [5.74, 6) is -0.590. The van der Waals surface area contributed by atoms with Crippen LogP contribution in [0.15, 0.2) is 89.8 Å². The molecule has 3 aromatic carbocycles. The molecule has 1 fully saturated rings. The minimum absolute atomic E-state index is 0.102. The van der Waals surface area contributed by atoms with Gasteiger partial charge in [-0.25, -0.2) is 8.42 Å². The van der Waals surface area contributed by atoms with Crippen LogP contribution in [0.5, 0.6) is 0 Å². The van der Waals surface area contributed by atoms with Crippen molar-refractivity contribution < 1.29 is 18.0 Å². The molecule has 0 unspecified atom stereocenters. The standard InChI is InChI=1S/C32H39N3O4S/c1-3-30(32(37)33-27-14-10-11-15-27)34(23-22-26-12-6-4-7-13-26)31(36)24-35(28-20-18-25(2)19-21-28)40(38,39)29-16-8-5-9-17-29/h4-9,12-13,16-21,27,30H,3,10-11,14-15,22-24H2,1-2H3,(H,33,37)/t30-/m1/s1. The molecule has 4 rings (SSSR count). The Morgan fingerprint density at radius 1 is 0.900 bits per heavy atom. The molecular formula is C32H39N3O4S. The molecule has 0 heterocycles. The smallest absolute Gasteiger partial charge is 0.264 e. The molecule has 1 aliphatic carbocycles. The van der Waals surface area contributed by atoms with Gasteiger partial charge in [-0.2, -0.15) is 0 Å². The average Bonchev–Trinajstić information content (AvgIpc) is 3.48. The summed E-state index contributed by atoms with van der Waals surface area (Å²) < 4.78 is 28.8. The number of nitrogens with one attached hydrogen (secondary N) is 1. The lowest BCUT2D eigenvalue weighted by atomic mass is 10.1. The van der Waals surface area contributed by atoms with E-state index in [-0.39, 0.29) is 16.8 Å². The molecule has 1 saturated carbocycles. The lowest BCUT2D eigenvalue weighted by Gasteiger charge is -2.33. The molecule has 0 aromatic heterocycles. The van der Waals surface area contributed by atoms with Gasteiger partial charge in [-0.1, -0.05) is 86.0 Å². The first-order valence-electron chi connectivity index (χ1n) is 14.1. The van der Waals surface area contributed by atoms with E-state index in [1.54, 1.807) is 35.2 Å². The van der Waals surface area contributed by atoms with Crippen molar-refractivity contribution in [3.8, 4) is 0 Å². The SMILES string of the molecule is CC[C@H](C(=O)NC1CCCC1)N(CCc1ccccc1)C(=O)CN(c1ccc(C)cc1)S(=O)(=O)c1ccccc1. The molecule has 0 saturated heterocycles. The van der Waals surface area contributed by atoms with Crippen LogP contribution in [0.3, 0.4) is 0 Å². The van der Waals surface area contributed by atoms with Gasteiger partial charge in [-0.05, 0) is 62.4 Å². The molecule has 8 heteroatoms. The largest absolute Gasteiger partial charge is 0.352 e. The van der Waals surface area contributed by atoms with Crippen LogP contribution >= 0.6 is 0 Å². The Morgan fingerprint density at radius 2 is 1.50 bits per heavy atom. The second-order valence-corrected chi connectivity index (χ2v) is 12.3. The van der Waals surface area contributed by atoms with Gasteiger partial charge in [0.25, 0.3) is 10.0 Å². The maximum atomic E-state index is 14.1. The third-order valence-corrected chi connectivity index (χ3v) is 9.29. The highest BCUT2D eigenvalue weighted by Crippen LogP contribution is 2.25. The summed E-state index contributed by atoms with van der Waals surface area (Å²) in [6.45, 7) is 3.69. The number of sulfonamides is 1. The molecule has 40 heavy (non-hydrogen) atoms. The van der Waals surface area contributed by atoms with Crippen LogP contribution in [0.25, 0.3) is 0 Å². The molecule has 0 radical (unpaired) electrons. The van der Waals surface area contributed by atoms with E-state index in [2.05, 4.69) is 5.32 Å². The van der Waals surface area contributed by atoms with E-state index in [0.29, 0.717) is 25.1 Å². The van der Waals surface area contributed by atoms with Crippen molar-refractivity contribution in [1.29, 1.82) is 0 Å². The zero-order valence-corrected chi connectivity index (χ0v) is 24.1. The van der Waals surface area contributed by atoms with Crippen LogP contribution in [0.4, 0.5) is 5.69 Å². The first-order chi connectivity index (χ1) is 19.3. The van der Waals surface area contributed by atoms with Crippen LogP contribution in [0, 0.1) is 6.92 Å². The van der Waals surface area contributed by atoms with Crippen molar-refractivity contribution in [1.82, 2.24) is 10.2 Å². The van der Waals surface area contributed by atoms with E-state index in [0.717, 1.165) is 41.1 Å². The molecular weight excluding hydrogens is 522 g/mol. The number of hydrogen-bond acceptors (Lipinski definition) is 4. The lowest BCUT2D eigenvalue weighted by Crippen LogP contribution is -2.54. The average molecular weight is 562 g/mol. The van der Waals surface area contributed by atoms with Gasteiger partial charge in [0.05, 0.1) is 10.6 Å². The van der Waals surface area contributed by atoms with Gasteiger partial charge in [-0.15, -0.1) is 0 Å². The van der Waals surface area contributed by atoms with Crippen molar-refractivity contribution in [2.45, 2.75) is 69.4 Å². The molecule has 0 aliphatic heterocycles. The first-order valence-corrected chi connectivity index (χ1v) is 15.5. The third kappa shape index (κ3) is 7.30. The Balaban J connectivity index is 1.65. The topological polar surface area (TPSA) is 86.8 Å². The Bertz CT molecular complexity index is 1360. The number of amides is 2. The van der Waals surface area contributed by atoms with E-state index in [1.165, 1.54) is 12.1 Å². The number of aryl methyl sites for hydroxylation is 1. The number of rotatable bonds is 12. The quantitative estimate of drug-likeness (QED) is 0.333.